The quantitative estimate of drug-likeness (QED) is 0.727. The third kappa shape index (κ3) is 5.82. The van der Waals surface area contributed by atoms with Crippen LogP contribution in [0.5, 0.6) is 0 Å². The van der Waals surface area contributed by atoms with Crippen LogP contribution in [-0.4, -0.2) is 63.0 Å². The van der Waals surface area contributed by atoms with Crippen molar-refractivity contribution < 1.29 is 9.47 Å². The summed E-state index contributed by atoms with van der Waals surface area (Å²) in [5, 5.41) is 3.51. The maximum Gasteiger partial charge on any atom is 0.0826 e. The Kier molecular flexibility index (Phi) is 7.04. The zero-order valence-corrected chi connectivity index (χ0v) is 11.7. The predicted octanol–water partition coefficient (Wildman–Crippen LogP) is 1.11. The molecule has 102 valence electrons. The summed E-state index contributed by atoms with van der Waals surface area (Å²) < 4.78 is 10.9. The lowest BCUT2D eigenvalue weighted by atomic mass is 10.2. The molecule has 1 saturated heterocycles. The summed E-state index contributed by atoms with van der Waals surface area (Å²) in [6.07, 6.45) is 1.38. The minimum absolute atomic E-state index is 0.330. The van der Waals surface area contributed by atoms with E-state index in [4.69, 9.17) is 9.47 Å². The largest absolute Gasteiger partial charge is 0.385 e. The van der Waals surface area contributed by atoms with E-state index < -0.39 is 0 Å². The Balaban J connectivity index is 2.18. The zero-order chi connectivity index (χ0) is 12.7. The minimum atomic E-state index is 0.330. The van der Waals surface area contributed by atoms with Crippen molar-refractivity contribution in [1.29, 1.82) is 0 Å². The molecule has 4 heteroatoms. The first-order valence-corrected chi connectivity index (χ1v) is 6.71. The molecule has 1 aliphatic rings. The first-order valence-electron chi connectivity index (χ1n) is 6.71. The molecule has 0 saturated carbocycles. The van der Waals surface area contributed by atoms with Crippen molar-refractivity contribution in [2.24, 2.45) is 0 Å². The van der Waals surface area contributed by atoms with Gasteiger partial charge in [0, 0.05) is 45.4 Å². The van der Waals surface area contributed by atoms with Crippen LogP contribution in [0.2, 0.25) is 0 Å². The van der Waals surface area contributed by atoms with Gasteiger partial charge in [-0.3, -0.25) is 4.90 Å². The van der Waals surface area contributed by atoms with Crippen LogP contribution in [0, 0.1) is 0 Å². The SMILES string of the molecule is COCCC(C)NCC1CN(C(C)C)CCO1. The number of hydrogen-bond acceptors (Lipinski definition) is 4. The molecule has 0 amide bonds. The van der Waals surface area contributed by atoms with E-state index in [1.165, 1.54) is 0 Å². The summed E-state index contributed by atoms with van der Waals surface area (Å²) >= 11 is 0. The van der Waals surface area contributed by atoms with Crippen LogP contribution in [0.3, 0.4) is 0 Å². The maximum atomic E-state index is 5.78. The third-order valence-electron chi connectivity index (χ3n) is 3.35. The Morgan fingerprint density at radius 1 is 1.41 bits per heavy atom. The fourth-order valence-electron chi connectivity index (χ4n) is 2.06. The zero-order valence-electron chi connectivity index (χ0n) is 11.7. The molecule has 0 aromatic heterocycles. The standard InChI is InChI=1S/C13H28N2O2/c1-11(2)15-6-8-17-13(10-15)9-14-12(3)5-7-16-4/h11-14H,5-10H2,1-4H3. The molecule has 0 radical (unpaired) electrons. The molecule has 0 aliphatic carbocycles. The molecule has 0 spiro atoms. The van der Waals surface area contributed by atoms with E-state index in [0.29, 0.717) is 18.2 Å². The average molecular weight is 244 g/mol. The van der Waals surface area contributed by atoms with E-state index in [9.17, 15) is 0 Å². The number of nitrogens with one attached hydrogen (secondary N) is 1. The highest BCUT2D eigenvalue weighted by atomic mass is 16.5. The second-order valence-corrected chi connectivity index (χ2v) is 5.17. The molecule has 1 N–H and O–H groups in total. The highest BCUT2D eigenvalue weighted by molar-refractivity contribution is 4.76. The summed E-state index contributed by atoms with van der Waals surface area (Å²) in [5.74, 6) is 0. The Labute approximate surface area is 106 Å². The van der Waals surface area contributed by atoms with Gasteiger partial charge in [-0.05, 0) is 27.2 Å². The second kappa shape index (κ2) is 8.03. The van der Waals surface area contributed by atoms with Crippen molar-refractivity contribution in [2.75, 3.05) is 40.0 Å². The number of nitrogens with zero attached hydrogens (tertiary/aromatic N) is 1. The van der Waals surface area contributed by atoms with Crippen LogP contribution in [0.15, 0.2) is 0 Å². The van der Waals surface area contributed by atoms with Gasteiger partial charge in [0.2, 0.25) is 0 Å². The van der Waals surface area contributed by atoms with Crippen molar-refractivity contribution in [3.8, 4) is 0 Å². The first-order chi connectivity index (χ1) is 8.13. The van der Waals surface area contributed by atoms with Crippen molar-refractivity contribution >= 4 is 0 Å². The van der Waals surface area contributed by atoms with Crippen LogP contribution in [0.1, 0.15) is 27.2 Å². The lowest BCUT2D eigenvalue weighted by Crippen LogP contribution is -2.50. The van der Waals surface area contributed by atoms with Crippen LogP contribution in [-0.2, 0) is 9.47 Å². The lowest BCUT2D eigenvalue weighted by molar-refractivity contribution is -0.0382. The van der Waals surface area contributed by atoms with E-state index in [2.05, 4.69) is 31.0 Å². The molecule has 1 aliphatic heterocycles. The number of hydrogen-bond donors (Lipinski definition) is 1. The van der Waals surface area contributed by atoms with Gasteiger partial charge < -0.3 is 14.8 Å². The van der Waals surface area contributed by atoms with Gasteiger partial charge in [0.05, 0.1) is 12.7 Å². The second-order valence-electron chi connectivity index (χ2n) is 5.17. The minimum Gasteiger partial charge on any atom is -0.385 e. The maximum absolute atomic E-state index is 5.78. The van der Waals surface area contributed by atoms with Gasteiger partial charge >= 0.3 is 0 Å². The molecule has 2 atom stereocenters. The summed E-state index contributed by atoms with van der Waals surface area (Å²) in [6, 6.07) is 1.11. The normalized spacial score (nSPS) is 24.2. The summed E-state index contributed by atoms with van der Waals surface area (Å²) in [7, 11) is 1.75. The summed E-state index contributed by atoms with van der Waals surface area (Å²) in [5.41, 5.74) is 0. The van der Waals surface area contributed by atoms with Gasteiger partial charge in [-0.15, -0.1) is 0 Å². The number of methoxy groups -OCH3 is 1. The predicted molar refractivity (Wildman–Crippen MR) is 70.4 cm³/mol. The van der Waals surface area contributed by atoms with Gasteiger partial charge in [0.1, 0.15) is 0 Å². The van der Waals surface area contributed by atoms with Gasteiger partial charge in [-0.2, -0.15) is 0 Å². The van der Waals surface area contributed by atoms with Gasteiger partial charge in [-0.25, -0.2) is 0 Å². The molecule has 1 fully saturated rings. The van der Waals surface area contributed by atoms with E-state index >= 15 is 0 Å². The number of morpholine rings is 1. The third-order valence-corrected chi connectivity index (χ3v) is 3.35. The monoisotopic (exact) mass is 244 g/mol. The van der Waals surface area contributed by atoms with E-state index in [0.717, 1.165) is 39.3 Å². The van der Waals surface area contributed by atoms with Crippen LogP contribution in [0.25, 0.3) is 0 Å². The lowest BCUT2D eigenvalue weighted by Gasteiger charge is -2.36. The molecule has 0 aromatic carbocycles. The van der Waals surface area contributed by atoms with Crippen LogP contribution < -0.4 is 5.32 Å². The molecule has 0 bridgehead atoms. The van der Waals surface area contributed by atoms with Crippen LogP contribution in [0.4, 0.5) is 0 Å². The van der Waals surface area contributed by atoms with Crippen molar-refractivity contribution in [3.63, 3.8) is 0 Å². The average Bonchev–Trinajstić information content (AvgIpc) is 2.34. The molecule has 17 heavy (non-hydrogen) atoms. The highest BCUT2D eigenvalue weighted by Crippen LogP contribution is 2.08. The van der Waals surface area contributed by atoms with Gasteiger partial charge in [0.25, 0.3) is 0 Å². The van der Waals surface area contributed by atoms with Gasteiger partial charge in [0.15, 0.2) is 0 Å². The Bertz CT molecular complexity index is 200. The van der Waals surface area contributed by atoms with E-state index in [1.807, 2.05) is 0 Å². The van der Waals surface area contributed by atoms with E-state index in [1.54, 1.807) is 7.11 Å². The van der Waals surface area contributed by atoms with Gasteiger partial charge in [-0.1, -0.05) is 0 Å². The molecular weight excluding hydrogens is 216 g/mol. The molecule has 1 rings (SSSR count). The topological polar surface area (TPSA) is 33.7 Å². The van der Waals surface area contributed by atoms with Crippen molar-refractivity contribution in [1.82, 2.24) is 10.2 Å². The summed E-state index contributed by atoms with van der Waals surface area (Å²) in [4.78, 5) is 2.48. The highest BCUT2D eigenvalue weighted by Gasteiger charge is 2.22. The fourth-order valence-corrected chi connectivity index (χ4v) is 2.06. The van der Waals surface area contributed by atoms with Crippen LogP contribution >= 0.6 is 0 Å². The number of ether oxygens (including phenoxy) is 2. The Hall–Kier alpha value is -0.160. The smallest absolute Gasteiger partial charge is 0.0826 e. The Morgan fingerprint density at radius 3 is 2.82 bits per heavy atom. The van der Waals surface area contributed by atoms with Crippen molar-refractivity contribution in [2.45, 2.75) is 45.4 Å². The molecule has 2 unspecified atom stereocenters. The molecule has 1 heterocycles. The molecule has 4 nitrogen and oxygen atoms in total. The Morgan fingerprint density at radius 2 is 2.18 bits per heavy atom. The van der Waals surface area contributed by atoms with Crippen molar-refractivity contribution in [3.05, 3.63) is 0 Å². The summed E-state index contributed by atoms with van der Waals surface area (Å²) in [6.45, 7) is 11.4. The molecule has 0 aromatic rings. The number of rotatable bonds is 7. The molecular formula is C13H28N2O2. The fraction of sp³-hybridized carbons (Fsp3) is 1.00. The first kappa shape index (κ1) is 14.9. The van der Waals surface area contributed by atoms with E-state index in [-0.39, 0.29) is 0 Å².